The number of hydrazine groups is 1. The smallest absolute Gasteiger partial charge is 0.0897 e. The number of aryl methyl sites for hydroxylation is 2. The fourth-order valence-corrected chi connectivity index (χ4v) is 2.97. The Labute approximate surface area is 122 Å². The van der Waals surface area contributed by atoms with E-state index in [1.165, 1.54) is 5.56 Å². The van der Waals surface area contributed by atoms with Crippen molar-refractivity contribution in [3.05, 3.63) is 50.4 Å². The topological polar surface area (TPSA) is 50.9 Å². The molecular weight excluding hydrogens is 278 g/mol. The number of hydrogen-bond donors (Lipinski definition) is 2. The Bertz CT molecular complexity index is 553. The van der Waals surface area contributed by atoms with Gasteiger partial charge in [-0.15, -0.1) is 11.3 Å². The highest BCUT2D eigenvalue weighted by atomic mass is 35.5. The van der Waals surface area contributed by atoms with Gasteiger partial charge in [0.1, 0.15) is 0 Å². The minimum atomic E-state index is 0.140. The van der Waals surface area contributed by atoms with Crippen molar-refractivity contribution in [2.75, 3.05) is 0 Å². The first-order valence-corrected chi connectivity index (χ1v) is 7.46. The molecule has 0 saturated heterocycles. The molecule has 3 N–H and O–H groups in total. The molecule has 0 saturated carbocycles. The van der Waals surface area contributed by atoms with Crippen LogP contribution in [0.1, 0.15) is 21.8 Å². The lowest BCUT2D eigenvalue weighted by atomic mass is 10.0. The molecular formula is C14H18ClN3S. The van der Waals surface area contributed by atoms with Crippen molar-refractivity contribution < 1.29 is 0 Å². The Morgan fingerprint density at radius 2 is 2.16 bits per heavy atom. The van der Waals surface area contributed by atoms with E-state index in [1.54, 1.807) is 11.3 Å². The Balaban J connectivity index is 2.06. The number of rotatable bonds is 5. The molecule has 0 amide bonds. The van der Waals surface area contributed by atoms with E-state index in [0.29, 0.717) is 0 Å². The fraction of sp³-hybridized carbons (Fsp3) is 0.357. The number of nitrogens with one attached hydrogen (secondary N) is 1. The van der Waals surface area contributed by atoms with Gasteiger partial charge in [-0.3, -0.25) is 11.3 Å². The zero-order chi connectivity index (χ0) is 13.8. The van der Waals surface area contributed by atoms with Crippen LogP contribution in [0.3, 0.4) is 0 Å². The van der Waals surface area contributed by atoms with Crippen LogP contribution in [0.5, 0.6) is 0 Å². The van der Waals surface area contributed by atoms with Gasteiger partial charge in [0.2, 0.25) is 0 Å². The third kappa shape index (κ3) is 4.01. The van der Waals surface area contributed by atoms with Crippen molar-refractivity contribution in [3.63, 3.8) is 0 Å². The molecule has 0 radical (unpaired) electrons. The first-order chi connectivity index (χ1) is 9.08. The fourth-order valence-electron chi connectivity index (χ4n) is 2.03. The summed E-state index contributed by atoms with van der Waals surface area (Å²) in [7, 11) is 0. The summed E-state index contributed by atoms with van der Waals surface area (Å²) in [5, 5.41) is 3.96. The summed E-state index contributed by atoms with van der Waals surface area (Å²) in [5.74, 6) is 5.64. The number of thiazole rings is 1. The van der Waals surface area contributed by atoms with Gasteiger partial charge in [-0.2, -0.15) is 0 Å². The van der Waals surface area contributed by atoms with Crippen LogP contribution in [0.4, 0.5) is 0 Å². The third-order valence-electron chi connectivity index (χ3n) is 3.03. The maximum atomic E-state index is 6.26. The van der Waals surface area contributed by atoms with Crippen LogP contribution in [-0.4, -0.2) is 11.0 Å². The zero-order valence-corrected chi connectivity index (χ0v) is 12.7. The monoisotopic (exact) mass is 295 g/mol. The molecule has 1 atom stereocenters. The number of nitrogens with two attached hydrogens (primary N) is 1. The summed E-state index contributed by atoms with van der Waals surface area (Å²) in [6.45, 7) is 4.04. The van der Waals surface area contributed by atoms with Crippen molar-refractivity contribution in [1.29, 1.82) is 0 Å². The molecule has 0 aliphatic rings. The quantitative estimate of drug-likeness (QED) is 0.658. The molecule has 2 aromatic rings. The van der Waals surface area contributed by atoms with Crippen LogP contribution in [0.15, 0.2) is 23.6 Å². The summed E-state index contributed by atoms with van der Waals surface area (Å²) in [5.41, 5.74) is 6.21. The van der Waals surface area contributed by atoms with E-state index in [-0.39, 0.29) is 6.04 Å². The van der Waals surface area contributed by atoms with Crippen molar-refractivity contribution in [2.45, 2.75) is 32.7 Å². The number of hydrogen-bond acceptors (Lipinski definition) is 4. The van der Waals surface area contributed by atoms with E-state index in [2.05, 4.69) is 27.9 Å². The first kappa shape index (κ1) is 14.5. The Kier molecular flexibility index (Phi) is 4.93. The van der Waals surface area contributed by atoms with Gasteiger partial charge in [0, 0.05) is 22.9 Å². The van der Waals surface area contributed by atoms with E-state index in [0.717, 1.165) is 34.1 Å². The van der Waals surface area contributed by atoms with Crippen LogP contribution in [0.2, 0.25) is 5.02 Å². The molecule has 1 unspecified atom stereocenters. The average Bonchev–Trinajstić information content (AvgIpc) is 2.77. The highest BCUT2D eigenvalue weighted by Gasteiger charge is 2.12. The van der Waals surface area contributed by atoms with Gasteiger partial charge in [0.15, 0.2) is 0 Å². The lowest BCUT2D eigenvalue weighted by Gasteiger charge is -2.16. The minimum Gasteiger partial charge on any atom is -0.271 e. The maximum absolute atomic E-state index is 6.26. The normalized spacial score (nSPS) is 12.6. The van der Waals surface area contributed by atoms with Gasteiger partial charge in [-0.05, 0) is 37.5 Å². The summed E-state index contributed by atoms with van der Waals surface area (Å²) in [6, 6.07) is 6.26. The lowest BCUT2D eigenvalue weighted by Crippen LogP contribution is -2.38. The van der Waals surface area contributed by atoms with Crippen molar-refractivity contribution in [1.82, 2.24) is 10.4 Å². The van der Waals surface area contributed by atoms with E-state index in [1.807, 2.05) is 19.9 Å². The van der Waals surface area contributed by atoms with Gasteiger partial charge < -0.3 is 0 Å². The summed E-state index contributed by atoms with van der Waals surface area (Å²) in [6.07, 6.45) is 1.61. The number of aromatic nitrogens is 1. The molecule has 19 heavy (non-hydrogen) atoms. The third-order valence-corrected chi connectivity index (χ3v) is 4.21. The SMILES string of the molecule is Cc1ccc(CC(Cc2csc(C)n2)NN)c(Cl)c1. The van der Waals surface area contributed by atoms with Crippen LogP contribution >= 0.6 is 22.9 Å². The molecule has 1 aromatic carbocycles. The lowest BCUT2D eigenvalue weighted by molar-refractivity contribution is 0.518. The molecule has 0 bridgehead atoms. The molecule has 1 aromatic heterocycles. The Morgan fingerprint density at radius 1 is 1.37 bits per heavy atom. The number of benzene rings is 1. The van der Waals surface area contributed by atoms with E-state index in [9.17, 15) is 0 Å². The molecule has 1 heterocycles. The predicted molar refractivity (Wildman–Crippen MR) is 81.6 cm³/mol. The first-order valence-electron chi connectivity index (χ1n) is 6.20. The van der Waals surface area contributed by atoms with Crippen molar-refractivity contribution in [3.8, 4) is 0 Å². The van der Waals surface area contributed by atoms with E-state index >= 15 is 0 Å². The maximum Gasteiger partial charge on any atom is 0.0897 e. The van der Waals surface area contributed by atoms with Crippen LogP contribution < -0.4 is 11.3 Å². The molecule has 0 aliphatic carbocycles. The van der Waals surface area contributed by atoms with E-state index in [4.69, 9.17) is 17.4 Å². The van der Waals surface area contributed by atoms with Gasteiger partial charge >= 0.3 is 0 Å². The summed E-state index contributed by atoms with van der Waals surface area (Å²) in [4.78, 5) is 4.47. The molecule has 5 heteroatoms. The van der Waals surface area contributed by atoms with E-state index < -0.39 is 0 Å². The molecule has 102 valence electrons. The average molecular weight is 296 g/mol. The van der Waals surface area contributed by atoms with Crippen LogP contribution in [0, 0.1) is 13.8 Å². The second-order valence-corrected chi connectivity index (χ2v) is 6.19. The second-order valence-electron chi connectivity index (χ2n) is 4.72. The zero-order valence-electron chi connectivity index (χ0n) is 11.1. The van der Waals surface area contributed by atoms with Crippen molar-refractivity contribution >= 4 is 22.9 Å². The predicted octanol–water partition coefficient (Wildman–Crippen LogP) is 3.03. The number of halogens is 1. The minimum absolute atomic E-state index is 0.140. The molecule has 0 fully saturated rings. The Morgan fingerprint density at radius 3 is 2.74 bits per heavy atom. The van der Waals surface area contributed by atoms with Gasteiger partial charge in [0.25, 0.3) is 0 Å². The highest BCUT2D eigenvalue weighted by molar-refractivity contribution is 7.09. The van der Waals surface area contributed by atoms with Gasteiger partial charge in [-0.25, -0.2) is 4.98 Å². The molecule has 0 spiro atoms. The van der Waals surface area contributed by atoms with Gasteiger partial charge in [0.05, 0.1) is 10.7 Å². The largest absolute Gasteiger partial charge is 0.271 e. The van der Waals surface area contributed by atoms with Gasteiger partial charge in [-0.1, -0.05) is 23.7 Å². The molecule has 0 aliphatic heterocycles. The summed E-state index contributed by atoms with van der Waals surface area (Å²) >= 11 is 7.92. The van der Waals surface area contributed by atoms with Crippen molar-refractivity contribution in [2.24, 2.45) is 5.84 Å². The molecule has 2 rings (SSSR count). The Hall–Kier alpha value is -0.940. The molecule has 3 nitrogen and oxygen atoms in total. The highest BCUT2D eigenvalue weighted by Crippen LogP contribution is 2.20. The van der Waals surface area contributed by atoms with Crippen LogP contribution in [-0.2, 0) is 12.8 Å². The van der Waals surface area contributed by atoms with Crippen LogP contribution in [0.25, 0.3) is 0 Å². The number of nitrogens with zero attached hydrogens (tertiary/aromatic N) is 1. The standard InChI is InChI=1S/C14H18ClN3S/c1-9-3-4-11(14(15)5-9)6-12(18-16)7-13-8-19-10(2)17-13/h3-5,8,12,18H,6-7,16H2,1-2H3. The second kappa shape index (κ2) is 6.48. The summed E-state index contributed by atoms with van der Waals surface area (Å²) < 4.78 is 0.